The predicted octanol–water partition coefficient (Wildman–Crippen LogP) is 3.98. The smallest absolute Gasteiger partial charge is 0.337 e. The zero-order chi connectivity index (χ0) is 21.4. The quantitative estimate of drug-likeness (QED) is 0.685. The number of benzene rings is 2. The van der Waals surface area contributed by atoms with Crippen LogP contribution in [0.15, 0.2) is 42.5 Å². The first-order valence-corrected chi connectivity index (χ1v) is 9.78. The first-order chi connectivity index (χ1) is 13.9. The molecule has 1 N–H and O–H groups in total. The molecule has 0 aliphatic rings. The molecule has 0 aliphatic carbocycles. The largest absolute Gasteiger partial charge is 0.465 e. The van der Waals surface area contributed by atoms with Gasteiger partial charge in [-0.15, -0.1) is 0 Å². The topological polar surface area (TPSA) is 75.7 Å². The number of ether oxygens (including phenoxy) is 1. The lowest BCUT2D eigenvalue weighted by atomic mass is 10.0. The Balaban J connectivity index is 2.13. The van der Waals surface area contributed by atoms with Crippen molar-refractivity contribution < 1.29 is 19.1 Å². The van der Waals surface area contributed by atoms with Crippen LogP contribution in [0.5, 0.6) is 0 Å². The number of esters is 1. The highest BCUT2D eigenvalue weighted by Gasteiger charge is 2.17. The van der Waals surface area contributed by atoms with Crippen molar-refractivity contribution in [2.24, 2.45) is 0 Å². The van der Waals surface area contributed by atoms with Crippen LogP contribution in [0.2, 0.25) is 0 Å². The van der Waals surface area contributed by atoms with Gasteiger partial charge in [0.05, 0.1) is 12.7 Å². The van der Waals surface area contributed by atoms with Crippen LogP contribution >= 0.6 is 0 Å². The van der Waals surface area contributed by atoms with Crippen LogP contribution in [-0.4, -0.2) is 31.4 Å². The van der Waals surface area contributed by atoms with Gasteiger partial charge in [-0.3, -0.25) is 9.59 Å². The summed E-state index contributed by atoms with van der Waals surface area (Å²) in [5.74, 6) is -0.838. The van der Waals surface area contributed by atoms with Crippen molar-refractivity contribution >= 4 is 29.2 Å². The molecule has 0 fully saturated rings. The van der Waals surface area contributed by atoms with Crippen molar-refractivity contribution in [3.63, 3.8) is 0 Å². The molecule has 154 valence electrons. The number of methoxy groups -OCH3 is 1. The van der Waals surface area contributed by atoms with Crippen LogP contribution in [0.3, 0.4) is 0 Å². The van der Waals surface area contributed by atoms with Gasteiger partial charge in [0.2, 0.25) is 11.8 Å². The number of carbonyl (C=O) groups excluding carboxylic acids is 3. The predicted molar refractivity (Wildman–Crippen MR) is 114 cm³/mol. The zero-order valence-electron chi connectivity index (χ0n) is 17.5. The van der Waals surface area contributed by atoms with Gasteiger partial charge >= 0.3 is 5.97 Å². The number of nitrogens with one attached hydrogen (secondary N) is 1. The molecule has 0 saturated heterocycles. The molecule has 0 radical (unpaired) electrons. The molecule has 0 aliphatic heterocycles. The molecule has 0 aromatic heterocycles. The minimum absolute atomic E-state index is 0.142. The number of amides is 2. The minimum Gasteiger partial charge on any atom is -0.465 e. The maximum Gasteiger partial charge on any atom is 0.337 e. The Kier molecular flexibility index (Phi) is 7.95. The van der Waals surface area contributed by atoms with E-state index in [1.807, 2.05) is 18.2 Å². The molecule has 6 nitrogen and oxygen atoms in total. The molecule has 6 heteroatoms. The Labute approximate surface area is 171 Å². The van der Waals surface area contributed by atoms with Crippen LogP contribution in [0.1, 0.15) is 48.7 Å². The molecule has 0 atom stereocenters. The summed E-state index contributed by atoms with van der Waals surface area (Å²) in [7, 11) is 1.31. The first kappa shape index (κ1) is 22.1. The van der Waals surface area contributed by atoms with E-state index < -0.39 is 5.97 Å². The van der Waals surface area contributed by atoms with E-state index in [-0.39, 0.29) is 24.8 Å². The van der Waals surface area contributed by atoms with Gasteiger partial charge in [0.15, 0.2) is 0 Å². The highest BCUT2D eigenvalue weighted by atomic mass is 16.5. The van der Waals surface area contributed by atoms with Gasteiger partial charge in [0.25, 0.3) is 0 Å². The van der Waals surface area contributed by atoms with E-state index in [9.17, 15) is 14.4 Å². The normalized spacial score (nSPS) is 10.3. The Morgan fingerprint density at radius 2 is 1.62 bits per heavy atom. The fraction of sp³-hybridized carbons (Fsp3) is 0.348. The van der Waals surface area contributed by atoms with Crippen LogP contribution in [0.25, 0.3) is 0 Å². The summed E-state index contributed by atoms with van der Waals surface area (Å²) in [6, 6.07) is 12.6. The zero-order valence-corrected chi connectivity index (χ0v) is 17.5. The molecule has 0 bridgehead atoms. The summed E-state index contributed by atoms with van der Waals surface area (Å²) in [6.45, 7) is 5.75. The van der Waals surface area contributed by atoms with Gasteiger partial charge in [-0.25, -0.2) is 4.79 Å². The second-order valence-corrected chi connectivity index (χ2v) is 6.67. The molecule has 0 spiro atoms. The lowest BCUT2D eigenvalue weighted by molar-refractivity contribution is -0.117. The van der Waals surface area contributed by atoms with E-state index in [1.165, 1.54) is 18.9 Å². The third kappa shape index (κ3) is 5.67. The maximum absolute atomic E-state index is 12.6. The lowest BCUT2D eigenvalue weighted by Gasteiger charge is -2.22. The maximum atomic E-state index is 12.6. The SMILES string of the molecule is CCc1cccc(CC)c1NC(=O)CCN(C(C)=O)c1cccc(C(=O)OC)c1. The molecule has 29 heavy (non-hydrogen) atoms. The number of rotatable bonds is 8. The van der Waals surface area contributed by atoms with Gasteiger partial charge in [0, 0.05) is 31.3 Å². The number of anilines is 2. The molecular weight excluding hydrogens is 368 g/mol. The summed E-state index contributed by atoms with van der Waals surface area (Å²) in [6.07, 6.45) is 1.79. The summed E-state index contributed by atoms with van der Waals surface area (Å²) < 4.78 is 4.73. The highest BCUT2D eigenvalue weighted by Crippen LogP contribution is 2.23. The monoisotopic (exact) mass is 396 g/mol. The number of hydrogen-bond acceptors (Lipinski definition) is 4. The van der Waals surface area contributed by atoms with Gasteiger partial charge in [-0.05, 0) is 42.2 Å². The number of carbonyl (C=O) groups is 3. The molecular formula is C23H28N2O4. The Morgan fingerprint density at radius 3 is 2.17 bits per heavy atom. The fourth-order valence-corrected chi connectivity index (χ4v) is 3.21. The Hall–Kier alpha value is -3.15. The lowest BCUT2D eigenvalue weighted by Crippen LogP contribution is -2.32. The first-order valence-electron chi connectivity index (χ1n) is 9.78. The van der Waals surface area contributed by atoms with Gasteiger partial charge in [0.1, 0.15) is 0 Å². The summed E-state index contributed by atoms with van der Waals surface area (Å²) >= 11 is 0. The average molecular weight is 396 g/mol. The Morgan fingerprint density at radius 1 is 1.00 bits per heavy atom. The summed E-state index contributed by atoms with van der Waals surface area (Å²) in [4.78, 5) is 38.0. The van der Waals surface area contributed by atoms with Crippen LogP contribution in [0, 0.1) is 0 Å². The van der Waals surface area contributed by atoms with E-state index in [2.05, 4.69) is 19.2 Å². The van der Waals surface area contributed by atoms with Crippen LogP contribution in [-0.2, 0) is 27.2 Å². The third-order valence-electron chi connectivity index (χ3n) is 4.78. The minimum atomic E-state index is -0.476. The molecule has 0 unspecified atom stereocenters. The molecule has 0 saturated carbocycles. The molecule has 2 aromatic carbocycles. The van der Waals surface area contributed by atoms with Crippen LogP contribution < -0.4 is 10.2 Å². The van der Waals surface area contributed by atoms with E-state index in [0.717, 1.165) is 29.7 Å². The van der Waals surface area contributed by atoms with E-state index in [0.29, 0.717) is 11.3 Å². The van der Waals surface area contributed by atoms with Crippen molar-refractivity contribution in [1.29, 1.82) is 0 Å². The van der Waals surface area contributed by atoms with Gasteiger partial charge in [-0.2, -0.15) is 0 Å². The highest BCUT2D eigenvalue weighted by molar-refractivity contribution is 5.97. The fourth-order valence-electron chi connectivity index (χ4n) is 3.21. The average Bonchev–Trinajstić information content (AvgIpc) is 2.73. The van der Waals surface area contributed by atoms with Crippen molar-refractivity contribution in [2.75, 3.05) is 23.9 Å². The van der Waals surface area contributed by atoms with E-state index in [4.69, 9.17) is 4.74 Å². The summed E-state index contributed by atoms with van der Waals surface area (Å²) in [5, 5.41) is 3.01. The standard InChI is InChI=1S/C23H28N2O4/c1-5-17-9-7-10-18(6-2)22(17)24-21(27)13-14-25(16(3)26)20-12-8-11-19(15-20)23(28)29-4/h7-12,15H,5-6,13-14H2,1-4H3,(H,24,27). The van der Waals surface area contributed by atoms with Gasteiger partial charge in [-0.1, -0.05) is 38.1 Å². The third-order valence-corrected chi connectivity index (χ3v) is 4.78. The summed E-state index contributed by atoms with van der Waals surface area (Å²) in [5.41, 5.74) is 3.95. The van der Waals surface area contributed by atoms with Crippen LogP contribution in [0.4, 0.5) is 11.4 Å². The molecule has 2 aromatic rings. The number of nitrogens with zero attached hydrogens (tertiary/aromatic N) is 1. The molecule has 0 heterocycles. The number of aryl methyl sites for hydroxylation is 2. The second-order valence-electron chi connectivity index (χ2n) is 6.67. The van der Waals surface area contributed by atoms with Crippen molar-refractivity contribution in [1.82, 2.24) is 0 Å². The second kappa shape index (κ2) is 10.4. The van der Waals surface area contributed by atoms with Crippen molar-refractivity contribution in [2.45, 2.75) is 40.0 Å². The van der Waals surface area contributed by atoms with Gasteiger partial charge < -0.3 is 15.0 Å². The van der Waals surface area contributed by atoms with E-state index >= 15 is 0 Å². The van der Waals surface area contributed by atoms with Crippen molar-refractivity contribution in [3.05, 3.63) is 59.2 Å². The molecule has 2 amide bonds. The number of para-hydroxylation sites is 1. The molecule has 2 rings (SSSR count). The number of hydrogen-bond donors (Lipinski definition) is 1. The Bertz CT molecular complexity index is 870. The van der Waals surface area contributed by atoms with Crippen molar-refractivity contribution in [3.8, 4) is 0 Å². The van der Waals surface area contributed by atoms with E-state index in [1.54, 1.807) is 24.3 Å².